The molecule has 3 heteroatoms. The number of thioether (sulfide) groups is 1. The molecule has 1 heterocycles. The van der Waals surface area contributed by atoms with Crippen molar-refractivity contribution < 1.29 is 9.47 Å². The second kappa shape index (κ2) is 6.12. The number of rotatable bonds is 4. The molecular formula is C14H18O2S. The van der Waals surface area contributed by atoms with Gasteiger partial charge in [-0.2, -0.15) is 0 Å². The molecule has 0 unspecified atom stereocenters. The third kappa shape index (κ3) is 3.27. The van der Waals surface area contributed by atoms with E-state index in [9.17, 15) is 0 Å². The van der Waals surface area contributed by atoms with Gasteiger partial charge in [0.25, 0.3) is 0 Å². The fraction of sp³-hybridized carbons (Fsp3) is 0.429. The number of hydrogen-bond donors (Lipinski definition) is 0. The maximum Gasteiger partial charge on any atom is 0.118 e. The topological polar surface area (TPSA) is 18.5 Å². The first kappa shape index (κ1) is 12.5. The highest BCUT2D eigenvalue weighted by Crippen LogP contribution is 2.35. The van der Waals surface area contributed by atoms with E-state index in [1.54, 1.807) is 18.9 Å². The summed E-state index contributed by atoms with van der Waals surface area (Å²) in [4.78, 5) is 0. The minimum Gasteiger partial charge on any atom is -0.497 e. The van der Waals surface area contributed by atoms with Gasteiger partial charge in [-0.05, 0) is 36.4 Å². The van der Waals surface area contributed by atoms with Crippen LogP contribution in [0.1, 0.15) is 24.8 Å². The number of ether oxygens (including phenoxy) is 2. The van der Waals surface area contributed by atoms with E-state index in [1.807, 2.05) is 19.1 Å². The van der Waals surface area contributed by atoms with Crippen molar-refractivity contribution in [3.8, 4) is 5.75 Å². The molecule has 2 atom stereocenters. The molecular weight excluding hydrogens is 232 g/mol. The van der Waals surface area contributed by atoms with Crippen LogP contribution in [0.5, 0.6) is 5.75 Å². The molecule has 0 aliphatic carbocycles. The van der Waals surface area contributed by atoms with Crippen LogP contribution in [0.2, 0.25) is 0 Å². The van der Waals surface area contributed by atoms with E-state index in [4.69, 9.17) is 9.47 Å². The van der Waals surface area contributed by atoms with Gasteiger partial charge in [0.15, 0.2) is 0 Å². The van der Waals surface area contributed by atoms with Crippen LogP contribution in [-0.4, -0.2) is 19.2 Å². The van der Waals surface area contributed by atoms with Crippen molar-refractivity contribution in [3.05, 3.63) is 41.3 Å². The molecule has 0 saturated heterocycles. The number of methoxy groups -OCH3 is 1. The Morgan fingerprint density at radius 1 is 1.29 bits per heavy atom. The Hall–Kier alpha value is -0.930. The molecule has 1 aromatic carbocycles. The molecule has 0 fully saturated rings. The largest absolute Gasteiger partial charge is 0.497 e. The van der Waals surface area contributed by atoms with Gasteiger partial charge in [0.2, 0.25) is 0 Å². The number of benzene rings is 1. The lowest BCUT2D eigenvalue weighted by molar-refractivity contribution is 0.116. The fourth-order valence-electron chi connectivity index (χ4n) is 1.96. The van der Waals surface area contributed by atoms with Crippen LogP contribution < -0.4 is 4.74 Å². The summed E-state index contributed by atoms with van der Waals surface area (Å²) in [6, 6.07) is 8.29. The predicted octanol–water partition coefficient (Wildman–Crippen LogP) is 3.79. The van der Waals surface area contributed by atoms with E-state index in [0.29, 0.717) is 5.92 Å². The minimum atomic E-state index is 0.289. The first-order valence-electron chi connectivity index (χ1n) is 5.91. The van der Waals surface area contributed by atoms with Crippen molar-refractivity contribution >= 4 is 11.8 Å². The Morgan fingerprint density at radius 2 is 2.06 bits per heavy atom. The molecule has 1 aliphatic heterocycles. The molecule has 1 aromatic rings. The Kier molecular flexibility index (Phi) is 4.51. The molecule has 0 spiro atoms. The Balaban J connectivity index is 2.05. The highest BCUT2D eigenvalue weighted by molar-refractivity contribution is 8.02. The normalized spacial score (nSPS) is 23.6. The first-order valence-corrected chi connectivity index (χ1v) is 6.85. The molecule has 2 rings (SSSR count). The fourth-order valence-corrected chi connectivity index (χ4v) is 2.95. The van der Waals surface area contributed by atoms with Crippen molar-refractivity contribution in [2.24, 2.45) is 0 Å². The zero-order valence-corrected chi connectivity index (χ0v) is 11.1. The molecule has 0 N–H and O–H groups in total. The van der Waals surface area contributed by atoms with Crippen molar-refractivity contribution in [1.82, 2.24) is 0 Å². The maximum absolute atomic E-state index is 5.67. The van der Waals surface area contributed by atoms with Gasteiger partial charge in [-0.1, -0.05) is 18.2 Å². The van der Waals surface area contributed by atoms with E-state index in [-0.39, 0.29) is 5.44 Å². The second-order valence-corrected chi connectivity index (χ2v) is 5.03. The standard InChI is InChI=1S/C14H18O2S/c1-3-16-14-10-12(8-9-17-14)11-4-6-13(15-2)7-5-11/h4-9,12,14H,3,10H2,1-2H3/t12-,14+/m0/s1. The minimum absolute atomic E-state index is 0.289. The van der Waals surface area contributed by atoms with Crippen molar-refractivity contribution in [2.45, 2.75) is 24.7 Å². The smallest absolute Gasteiger partial charge is 0.118 e. The zero-order valence-electron chi connectivity index (χ0n) is 10.3. The van der Waals surface area contributed by atoms with Crippen LogP contribution in [0, 0.1) is 0 Å². The molecule has 0 aromatic heterocycles. The number of hydrogen-bond acceptors (Lipinski definition) is 3. The average Bonchev–Trinajstić information content (AvgIpc) is 2.40. The number of allylic oxidation sites excluding steroid dienone is 1. The summed E-state index contributed by atoms with van der Waals surface area (Å²) < 4.78 is 10.8. The van der Waals surface area contributed by atoms with E-state index in [0.717, 1.165) is 18.8 Å². The molecule has 2 nitrogen and oxygen atoms in total. The van der Waals surface area contributed by atoms with Gasteiger partial charge >= 0.3 is 0 Å². The summed E-state index contributed by atoms with van der Waals surface area (Å²) >= 11 is 1.77. The maximum atomic E-state index is 5.67. The van der Waals surface area contributed by atoms with E-state index >= 15 is 0 Å². The summed E-state index contributed by atoms with van der Waals surface area (Å²) in [5.41, 5.74) is 1.61. The highest BCUT2D eigenvalue weighted by Gasteiger charge is 2.19. The second-order valence-electron chi connectivity index (χ2n) is 3.96. The van der Waals surface area contributed by atoms with Crippen LogP contribution in [0.4, 0.5) is 0 Å². The molecule has 0 bridgehead atoms. The summed E-state index contributed by atoms with van der Waals surface area (Å²) in [6.45, 7) is 2.82. The van der Waals surface area contributed by atoms with Crippen LogP contribution >= 0.6 is 11.8 Å². The van der Waals surface area contributed by atoms with Crippen molar-refractivity contribution in [3.63, 3.8) is 0 Å². The van der Waals surface area contributed by atoms with Crippen LogP contribution in [0.15, 0.2) is 35.7 Å². The van der Waals surface area contributed by atoms with Crippen molar-refractivity contribution in [1.29, 1.82) is 0 Å². The summed E-state index contributed by atoms with van der Waals surface area (Å²) in [5.74, 6) is 1.36. The molecule has 17 heavy (non-hydrogen) atoms. The highest BCUT2D eigenvalue weighted by atomic mass is 32.2. The lowest BCUT2D eigenvalue weighted by Gasteiger charge is -2.24. The van der Waals surface area contributed by atoms with Gasteiger partial charge < -0.3 is 9.47 Å². The monoisotopic (exact) mass is 250 g/mol. The quantitative estimate of drug-likeness (QED) is 0.810. The van der Waals surface area contributed by atoms with Gasteiger partial charge in [0.05, 0.1) is 7.11 Å². The molecule has 0 saturated carbocycles. The van der Waals surface area contributed by atoms with Gasteiger partial charge in [0, 0.05) is 12.5 Å². The molecule has 92 valence electrons. The summed E-state index contributed by atoms with van der Waals surface area (Å²) in [6.07, 6.45) is 3.29. The van der Waals surface area contributed by atoms with Crippen LogP contribution in [0.3, 0.4) is 0 Å². The summed E-state index contributed by atoms with van der Waals surface area (Å²) in [5, 5.41) is 2.15. The molecule has 1 aliphatic rings. The third-order valence-corrected chi connectivity index (χ3v) is 3.83. The van der Waals surface area contributed by atoms with E-state index < -0.39 is 0 Å². The zero-order chi connectivity index (χ0) is 12.1. The van der Waals surface area contributed by atoms with Crippen molar-refractivity contribution in [2.75, 3.05) is 13.7 Å². The van der Waals surface area contributed by atoms with Gasteiger partial charge in [-0.3, -0.25) is 0 Å². The third-order valence-electron chi connectivity index (χ3n) is 2.88. The Bertz CT molecular complexity index is 372. The Labute approximate surface area is 107 Å². The summed E-state index contributed by atoms with van der Waals surface area (Å²) in [7, 11) is 1.69. The van der Waals surface area contributed by atoms with Gasteiger partial charge in [-0.25, -0.2) is 0 Å². The SMILES string of the molecule is CCO[C@H]1C[C@@H](c2ccc(OC)cc2)C=CS1. The molecule has 0 radical (unpaired) electrons. The predicted molar refractivity (Wildman–Crippen MR) is 72.5 cm³/mol. The molecule has 0 amide bonds. The van der Waals surface area contributed by atoms with Crippen LogP contribution in [-0.2, 0) is 4.74 Å². The first-order chi connectivity index (χ1) is 8.33. The Morgan fingerprint density at radius 3 is 2.71 bits per heavy atom. The lowest BCUT2D eigenvalue weighted by Crippen LogP contribution is -2.14. The van der Waals surface area contributed by atoms with E-state index in [2.05, 4.69) is 23.6 Å². The van der Waals surface area contributed by atoms with Gasteiger partial charge in [0.1, 0.15) is 11.2 Å². The average molecular weight is 250 g/mol. The van der Waals surface area contributed by atoms with Crippen LogP contribution in [0.25, 0.3) is 0 Å². The lowest BCUT2D eigenvalue weighted by atomic mass is 9.96. The van der Waals surface area contributed by atoms with E-state index in [1.165, 1.54) is 5.56 Å². The van der Waals surface area contributed by atoms with Gasteiger partial charge in [-0.15, -0.1) is 11.8 Å².